The lowest BCUT2D eigenvalue weighted by Crippen LogP contribution is -2.22. The fourth-order valence-corrected chi connectivity index (χ4v) is 3.37. The predicted octanol–water partition coefficient (Wildman–Crippen LogP) is 5.35. The SMILES string of the molecule is Cc1cc(Br)ncc1-c1nc(C(F)(F)F)cn1COCC[Si](C)(C)C. The Labute approximate surface area is 154 Å². The van der Waals surface area contributed by atoms with Crippen molar-refractivity contribution in [2.24, 2.45) is 0 Å². The Bertz CT molecular complexity index is 741. The van der Waals surface area contributed by atoms with Crippen molar-refractivity contribution < 1.29 is 17.9 Å². The van der Waals surface area contributed by atoms with Crippen LogP contribution in [0.3, 0.4) is 0 Å². The minimum atomic E-state index is -4.50. The molecule has 4 nitrogen and oxygen atoms in total. The third-order valence-electron chi connectivity index (χ3n) is 3.61. The first-order valence-corrected chi connectivity index (χ1v) is 12.3. The van der Waals surface area contributed by atoms with Gasteiger partial charge in [-0.05, 0) is 40.5 Å². The summed E-state index contributed by atoms with van der Waals surface area (Å²) in [6, 6.07) is 2.69. The molecule has 25 heavy (non-hydrogen) atoms. The van der Waals surface area contributed by atoms with Crippen LogP contribution in [-0.4, -0.2) is 29.2 Å². The maximum absolute atomic E-state index is 13.1. The van der Waals surface area contributed by atoms with Crippen LogP contribution in [0.2, 0.25) is 25.7 Å². The molecular formula is C16H21BrF3N3OSi. The van der Waals surface area contributed by atoms with Crippen molar-refractivity contribution in [2.45, 2.75) is 45.5 Å². The number of rotatable bonds is 6. The van der Waals surface area contributed by atoms with Gasteiger partial charge in [0, 0.05) is 32.6 Å². The number of aryl methyl sites for hydroxylation is 1. The number of hydrogen-bond acceptors (Lipinski definition) is 3. The Balaban J connectivity index is 2.29. The van der Waals surface area contributed by atoms with Crippen LogP contribution >= 0.6 is 15.9 Å². The van der Waals surface area contributed by atoms with Crippen LogP contribution in [0.5, 0.6) is 0 Å². The van der Waals surface area contributed by atoms with Gasteiger partial charge in [0.15, 0.2) is 5.69 Å². The summed E-state index contributed by atoms with van der Waals surface area (Å²) in [5.74, 6) is 0.206. The lowest BCUT2D eigenvalue weighted by Gasteiger charge is -2.16. The first kappa shape index (κ1) is 20.1. The van der Waals surface area contributed by atoms with Crippen LogP contribution in [-0.2, 0) is 17.6 Å². The molecule has 0 aromatic carbocycles. The van der Waals surface area contributed by atoms with Gasteiger partial charge in [-0.25, -0.2) is 9.97 Å². The molecule has 9 heteroatoms. The molecule has 0 saturated heterocycles. The molecule has 0 radical (unpaired) electrons. The van der Waals surface area contributed by atoms with Crippen molar-refractivity contribution in [1.82, 2.24) is 14.5 Å². The number of nitrogens with zero attached hydrogens (tertiary/aromatic N) is 3. The highest BCUT2D eigenvalue weighted by molar-refractivity contribution is 9.10. The van der Waals surface area contributed by atoms with Gasteiger partial charge in [-0.2, -0.15) is 13.2 Å². The largest absolute Gasteiger partial charge is 0.434 e. The molecule has 0 aliphatic carbocycles. The topological polar surface area (TPSA) is 39.9 Å². The van der Waals surface area contributed by atoms with Crippen molar-refractivity contribution in [3.05, 3.63) is 34.3 Å². The van der Waals surface area contributed by atoms with E-state index in [9.17, 15) is 13.2 Å². The van der Waals surface area contributed by atoms with Gasteiger partial charge >= 0.3 is 6.18 Å². The first-order valence-electron chi connectivity index (χ1n) is 7.82. The number of alkyl halides is 3. The highest BCUT2D eigenvalue weighted by atomic mass is 79.9. The molecule has 138 valence electrons. The highest BCUT2D eigenvalue weighted by Crippen LogP contribution is 2.32. The third-order valence-corrected chi connectivity index (χ3v) is 5.75. The minimum Gasteiger partial charge on any atom is -0.361 e. The Hall–Kier alpha value is -1.19. The highest BCUT2D eigenvalue weighted by Gasteiger charge is 2.35. The summed E-state index contributed by atoms with van der Waals surface area (Å²) >= 11 is 3.25. The Morgan fingerprint density at radius 2 is 1.96 bits per heavy atom. The van der Waals surface area contributed by atoms with E-state index in [1.54, 1.807) is 13.0 Å². The Morgan fingerprint density at radius 1 is 1.28 bits per heavy atom. The molecule has 2 heterocycles. The summed E-state index contributed by atoms with van der Waals surface area (Å²) in [6.45, 7) is 9.01. The van der Waals surface area contributed by atoms with E-state index in [0.29, 0.717) is 16.8 Å². The van der Waals surface area contributed by atoms with Crippen molar-refractivity contribution in [3.63, 3.8) is 0 Å². The minimum absolute atomic E-state index is 0.0262. The van der Waals surface area contributed by atoms with Crippen molar-refractivity contribution in [2.75, 3.05) is 6.61 Å². The second kappa shape index (κ2) is 7.59. The van der Waals surface area contributed by atoms with Gasteiger partial charge in [-0.1, -0.05) is 19.6 Å². The van der Waals surface area contributed by atoms with Gasteiger partial charge in [0.05, 0.1) is 0 Å². The average molecular weight is 436 g/mol. The zero-order chi connectivity index (χ0) is 18.8. The number of hydrogen-bond donors (Lipinski definition) is 0. The molecule has 2 aromatic rings. The van der Waals surface area contributed by atoms with Crippen LogP contribution in [0.1, 0.15) is 11.3 Å². The van der Waals surface area contributed by atoms with Crippen molar-refractivity contribution in [3.8, 4) is 11.4 Å². The van der Waals surface area contributed by atoms with Crippen LogP contribution < -0.4 is 0 Å². The summed E-state index contributed by atoms with van der Waals surface area (Å²) in [7, 11) is -1.26. The van der Waals surface area contributed by atoms with Gasteiger partial charge < -0.3 is 9.30 Å². The molecule has 0 amide bonds. The van der Waals surface area contributed by atoms with E-state index in [1.807, 2.05) is 0 Å². The zero-order valence-electron chi connectivity index (χ0n) is 14.6. The summed E-state index contributed by atoms with van der Waals surface area (Å²) in [6.07, 6.45) is -2.00. The molecular weight excluding hydrogens is 415 g/mol. The van der Waals surface area contributed by atoms with Crippen LogP contribution in [0.4, 0.5) is 13.2 Å². The third kappa shape index (κ3) is 5.65. The molecule has 0 fully saturated rings. The van der Waals surface area contributed by atoms with Gasteiger partial charge in [-0.15, -0.1) is 0 Å². The van der Waals surface area contributed by atoms with E-state index in [0.717, 1.165) is 17.8 Å². The summed E-state index contributed by atoms with van der Waals surface area (Å²) < 4.78 is 46.8. The standard InChI is InChI=1S/C16H21BrF3N3OSi/c1-11-7-14(17)21-8-12(11)15-22-13(16(18,19)20)9-23(15)10-24-5-6-25(2,3)4/h7-9H,5-6,10H2,1-4H3. The lowest BCUT2D eigenvalue weighted by atomic mass is 10.1. The van der Waals surface area contributed by atoms with Crippen LogP contribution in [0, 0.1) is 6.92 Å². The Kier molecular flexibility index (Phi) is 6.11. The van der Waals surface area contributed by atoms with Crippen molar-refractivity contribution >= 4 is 24.0 Å². The average Bonchev–Trinajstić information content (AvgIpc) is 2.86. The number of ether oxygens (including phenoxy) is 1. The monoisotopic (exact) mass is 435 g/mol. The zero-order valence-corrected chi connectivity index (χ0v) is 17.2. The predicted molar refractivity (Wildman–Crippen MR) is 97.0 cm³/mol. The second-order valence-corrected chi connectivity index (χ2v) is 13.5. The molecule has 0 aliphatic heterocycles. The van der Waals surface area contributed by atoms with Crippen molar-refractivity contribution in [1.29, 1.82) is 0 Å². The maximum atomic E-state index is 13.1. The normalized spacial score (nSPS) is 12.6. The summed E-state index contributed by atoms with van der Waals surface area (Å²) in [5.41, 5.74) is 0.399. The molecule has 0 bridgehead atoms. The summed E-state index contributed by atoms with van der Waals surface area (Å²) in [5, 5.41) is 0. The fourth-order valence-electron chi connectivity index (χ4n) is 2.16. The summed E-state index contributed by atoms with van der Waals surface area (Å²) in [4.78, 5) is 7.89. The van der Waals surface area contributed by atoms with Gasteiger partial charge in [-0.3, -0.25) is 0 Å². The van der Waals surface area contributed by atoms with E-state index in [4.69, 9.17) is 4.74 Å². The quantitative estimate of drug-likeness (QED) is 0.348. The Morgan fingerprint density at radius 3 is 2.52 bits per heavy atom. The number of pyridine rings is 1. The molecule has 2 aromatic heterocycles. The smallest absolute Gasteiger partial charge is 0.361 e. The molecule has 0 unspecified atom stereocenters. The molecule has 0 saturated carbocycles. The molecule has 0 spiro atoms. The van der Waals surface area contributed by atoms with Crippen LogP contribution in [0.15, 0.2) is 23.1 Å². The first-order chi connectivity index (χ1) is 11.5. The maximum Gasteiger partial charge on any atom is 0.434 e. The van der Waals surface area contributed by atoms with Gasteiger partial charge in [0.25, 0.3) is 0 Å². The molecule has 0 atom stereocenters. The van der Waals surface area contributed by atoms with E-state index in [2.05, 4.69) is 45.5 Å². The molecule has 0 N–H and O–H groups in total. The molecule has 0 aliphatic rings. The van der Waals surface area contributed by atoms with E-state index < -0.39 is 19.9 Å². The van der Waals surface area contributed by atoms with E-state index >= 15 is 0 Å². The van der Waals surface area contributed by atoms with E-state index in [-0.39, 0.29) is 12.6 Å². The van der Waals surface area contributed by atoms with E-state index in [1.165, 1.54) is 10.8 Å². The van der Waals surface area contributed by atoms with Gasteiger partial charge in [0.2, 0.25) is 0 Å². The number of imidazole rings is 1. The number of aromatic nitrogens is 3. The van der Waals surface area contributed by atoms with Crippen LogP contribution in [0.25, 0.3) is 11.4 Å². The fraction of sp³-hybridized carbons (Fsp3) is 0.500. The molecule has 2 rings (SSSR count). The van der Waals surface area contributed by atoms with Gasteiger partial charge in [0.1, 0.15) is 17.2 Å². The lowest BCUT2D eigenvalue weighted by molar-refractivity contribution is -0.141. The number of halogens is 4. The second-order valence-electron chi connectivity index (χ2n) is 7.09.